The molecule has 2 N–H and O–H groups in total. The molecule has 1 aromatic carbocycles. The van der Waals surface area contributed by atoms with Crippen LogP contribution in [0.1, 0.15) is 44.6 Å². The Morgan fingerprint density at radius 2 is 1.97 bits per heavy atom. The third-order valence-electron chi connectivity index (χ3n) is 5.00. The molecule has 0 spiro atoms. The molecule has 2 atom stereocenters. The van der Waals surface area contributed by atoms with Gasteiger partial charge in [0.2, 0.25) is 6.29 Å². The number of aliphatic carboxylic acids is 1. The molecule has 1 fully saturated rings. The Morgan fingerprint density at radius 3 is 2.59 bits per heavy atom. The first-order chi connectivity index (χ1) is 13.8. The lowest BCUT2D eigenvalue weighted by atomic mass is 9.80. The molecule has 0 radical (unpaired) electrons. The van der Waals surface area contributed by atoms with Gasteiger partial charge in [0.1, 0.15) is 0 Å². The van der Waals surface area contributed by atoms with Gasteiger partial charge in [-0.25, -0.2) is 9.59 Å². The van der Waals surface area contributed by atoms with Crippen LogP contribution in [0.5, 0.6) is 0 Å². The summed E-state index contributed by atoms with van der Waals surface area (Å²) in [7, 11) is 0. The summed E-state index contributed by atoms with van der Waals surface area (Å²) in [4.78, 5) is 35.6. The smallest absolute Gasteiger partial charge is 0.339 e. The first-order valence-electron chi connectivity index (χ1n) is 9.28. The minimum absolute atomic E-state index is 0.0624. The van der Waals surface area contributed by atoms with Gasteiger partial charge in [0.05, 0.1) is 28.6 Å². The molecule has 2 heterocycles. The summed E-state index contributed by atoms with van der Waals surface area (Å²) in [5.74, 6) is -2.94. The van der Waals surface area contributed by atoms with Crippen molar-refractivity contribution < 1.29 is 29.1 Å². The van der Waals surface area contributed by atoms with Gasteiger partial charge in [0, 0.05) is 29.9 Å². The van der Waals surface area contributed by atoms with Crippen LogP contribution < -0.4 is 5.32 Å². The quantitative estimate of drug-likeness (QED) is 0.437. The number of nitro benzene ring substituents is 1. The second-order valence-electron chi connectivity index (χ2n) is 6.99. The highest BCUT2D eigenvalue weighted by atomic mass is 16.7. The van der Waals surface area contributed by atoms with E-state index in [2.05, 4.69) is 5.32 Å². The van der Waals surface area contributed by atoms with Gasteiger partial charge in [0.25, 0.3) is 5.69 Å². The maximum atomic E-state index is 13.0. The highest BCUT2D eigenvalue weighted by Gasteiger charge is 2.38. The Labute approximate surface area is 167 Å². The number of esters is 1. The van der Waals surface area contributed by atoms with Crippen molar-refractivity contribution in [1.82, 2.24) is 5.32 Å². The predicted molar refractivity (Wildman–Crippen MR) is 102 cm³/mol. The third-order valence-corrected chi connectivity index (χ3v) is 5.00. The van der Waals surface area contributed by atoms with Gasteiger partial charge < -0.3 is 19.9 Å². The number of rotatable bonds is 5. The Kier molecular flexibility index (Phi) is 5.97. The zero-order valence-corrected chi connectivity index (χ0v) is 16.1. The van der Waals surface area contributed by atoms with Crippen LogP contribution in [0.15, 0.2) is 46.8 Å². The third kappa shape index (κ3) is 4.29. The topological polar surface area (TPSA) is 128 Å². The molecular weight excluding hydrogens is 380 g/mol. The van der Waals surface area contributed by atoms with Crippen molar-refractivity contribution in [3.63, 3.8) is 0 Å². The van der Waals surface area contributed by atoms with Crippen LogP contribution in [0.25, 0.3) is 0 Å². The number of nitrogens with one attached hydrogen (secondary N) is 1. The monoisotopic (exact) mass is 402 g/mol. The van der Waals surface area contributed by atoms with E-state index < -0.39 is 29.1 Å². The maximum Gasteiger partial charge on any atom is 0.339 e. The van der Waals surface area contributed by atoms with Crippen molar-refractivity contribution in [1.29, 1.82) is 0 Å². The molecule has 0 amide bonds. The Bertz CT molecular complexity index is 913. The highest BCUT2D eigenvalue weighted by molar-refractivity contribution is 5.99. The summed E-state index contributed by atoms with van der Waals surface area (Å²) < 4.78 is 10.9. The molecule has 2 unspecified atom stereocenters. The molecule has 0 saturated carbocycles. The molecule has 9 nitrogen and oxygen atoms in total. The number of nitro groups is 1. The number of nitrogens with zero attached hydrogens (tertiary/aromatic N) is 1. The van der Waals surface area contributed by atoms with Crippen LogP contribution in [0.2, 0.25) is 0 Å². The second-order valence-corrected chi connectivity index (χ2v) is 6.99. The number of carboxylic acid groups (broad SMARTS) is 1. The molecule has 154 valence electrons. The standard InChI is InChI=1S/C20H22N2O7/c1-11-16(19(23)24)18(13-6-5-7-14(10-13)22(26)27)17(12(2)21-11)20(25)29-15-8-3-4-9-28-15/h5-7,10,15,18,21H,3-4,8-9H2,1-2H3,(H,23,24). The molecule has 9 heteroatoms. The number of carboxylic acids is 1. The number of ether oxygens (including phenoxy) is 2. The van der Waals surface area contributed by atoms with Crippen molar-refractivity contribution in [2.24, 2.45) is 0 Å². The molecule has 0 aromatic heterocycles. The molecule has 2 aliphatic heterocycles. The van der Waals surface area contributed by atoms with Crippen LogP contribution in [-0.4, -0.2) is 34.9 Å². The van der Waals surface area contributed by atoms with Crippen molar-refractivity contribution in [3.8, 4) is 0 Å². The molecular formula is C20H22N2O7. The molecule has 1 saturated heterocycles. The largest absolute Gasteiger partial charge is 0.478 e. The number of allylic oxidation sites excluding steroid dienone is 2. The fourth-order valence-corrected chi connectivity index (χ4v) is 3.69. The summed E-state index contributed by atoms with van der Waals surface area (Å²) in [5.41, 5.74) is 0.967. The maximum absolute atomic E-state index is 13.0. The number of carbonyl (C=O) groups is 2. The Hall–Kier alpha value is -3.20. The summed E-state index contributed by atoms with van der Waals surface area (Å²) in [6.07, 6.45) is 1.62. The van der Waals surface area contributed by atoms with E-state index in [0.717, 1.165) is 12.8 Å². The zero-order valence-electron chi connectivity index (χ0n) is 16.1. The number of hydrogen-bond donors (Lipinski definition) is 2. The van der Waals surface area contributed by atoms with Crippen molar-refractivity contribution in [2.75, 3.05) is 6.61 Å². The van der Waals surface area contributed by atoms with Crippen LogP contribution >= 0.6 is 0 Å². The normalized spacial score (nSPS) is 22.1. The van der Waals surface area contributed by atoms with E-state index in [1.807, 2.05) is 0 Å². The summed E-state index contributed by atoms with van der Waals surface area (Å²) >= 11 is 0. The lowest BCUT2D eigenvalue weighted by Gasteiger charge is -2.31. The molecule has 0 bridgehead atoms. The molecule has 3 rings (SSSR count). The van der Waals surface area contributed by atoms with Gasteiger partial charge >= 0.3 is 11.9 Å². The van der Waals surface area contributed by atoms with Crippen LogP contribution in [0.4, 0.5) is 5.69 Å². The van der Waals surface area contributed by atoms with E-state index in [1.54, 1.807) is 19.9 Å². The van der Waals surface area contributed by atoms with Crippen molar-refractivity contribution in [3.05, 3.63) is 62.5 Å². The SMILES string of the molecule is CC1=C(C(=O)O)C(c2cccc([N+](=O)[O-])c2)C(C(=O)OC2CCCCO2)=C(C)N1. The van der Waals surface area contributed by atoms with E-state index in [0.29, 0.717) is 30.0 Å². The second kappa shape index (κ2) is 8.44. The first kappa shape index (κ1) is 20.5. The van der Waals surface area contributed by atoms with Crippen LogP contribution in [0.3, 0.4) is 0 Å². The Morgan fingerprint density at radius 1 is 1.24 bits per heavy atom. The van der Waals surface area contributed by atoms with Crippen molar-refractivity contribution >= 4 is 17.6 Å². The molecule has 1 aromatic rings. The van der Waals surface area contributed by atoms with Crippen LogP contribution in [-0.2, 0) is 19.1 Å². The van der Waals surface area contributed by atoms with E-state index in [4.69, 9.17) is 9.47 Å². The van der Waals surface area contributed by atoms with Gasteiger partial charge in [-0.2, -0.15) is 0 Å². The Balaban J connectivity index is 2.05. The number of dihydropyridines is 1. The molecule has 29 heavy (non-hydrogen) atoms. The van der Waals surface area contributed by atoms with Gasteiger partial charge in [-0.05, 0) is 32.3 Å². The number of hydrogen-bond acceptors (Lipinski definition) is 7. The average Bonchev–Trinajstić information content (AvgIpc) is 2.67. The molecule has 0 aliphatic carbocycles. The van der Waals surface area contributed by atoms with E-state index in [-0.39, 0.29) is 16.8 Å². The van der Waals surface area contributed by atoms with Gasteiger partial charge in [0.15, 0.2) is 0 Å². The van der Waals surface area contributed by atoms with Gasteiger partial charge in [-0.15, -0.1) is 0 Å². The lowest BCUT2D eigenvalue weighted by molar-refractivity contribution is -0.384. The summed E-state index contributed by atoms with van der Waals surface area (Å²) in [6.45, 7) is 3.72. The van der Waals surface area contributed by atoms with Crippen molar-refractivity contribution in [2.45, 2.75) is 45.3 Å². The average molecular weight is 402 g/mol. The summed E-state index contributed by atoms with van der Waals surface area (Å²) in [5, 5.41) is 23.9. The van der Waals surface area contributed by atoms with E-state index in [1.165, 1.54) is 18.2 Å². The minimum Gasteiger partial charge on any atom is -0.478 e. The number of benzene rings is 1. The predicted octanol–water partition coefficient (Wildman–Crippen LogP) is 2.98. The van der Waals surface area contributed by atoms with Crippen LogP contribution in [0, 0.1) is 10.1 Å². The zero-order chi connectivity index (χ0) is 21.1. The fourth-order valence-electron chi connectivity index (χ4n) is 3.69. The minimum atomic E-state index is -1.22. The van der Waals surface area contributed by atoms with E-state index >= 15 is 0 Å². The van der Waals surface area contributed by atoms with Gasteiger partial charge in [-0.1, -0.05) is 12.1 Å². The van der Waals surface area contributed by atoms with Gasteiger partial charge in [-0.3, -0.25) is 10.1 Å². The summed E-state index contributed by atoms with van der Waals surface area (Å²) in [6, 6.07) is 5.62. The number of carbonyl (C=O) groups excluding carboxylic acids is 1. The molecule has 2 aliphatic rings. The fraction of sp³-hybridized carbons (Fsp3) is 0.400. The number of non-ortho nitro benzene ring substituents is 1. The first-order valence-corrected chi connectivity index (χ1v) is 9.28. The lowest BCUT2D eigenvalue weighted by Crippen LogP contribution is -2.34. The highest BCUT2D eigenvalue weighted by Crippen LogP contribution is 2.40. The van der Waals surface area contributed by atoms with E-state index in [9.17, 15) is 24.8 Å².